The molecule has 23 heavy (non-hydrogen) atoms. The predicted molar refractivity (Wildman–Crippen MR) is 86.1 cm³/mol. The second-order valence-electron chi connectivity index (χ2n) is 4.47. The average molecular weight is 351 g/mol. The van der Waals surface area contributed by atoms with E-state index in [1.807, 2.05) is 0 Å². The number of ether oxygens (including phenoxy) is 1. The summed E-state index contributed by atoms with van der Waals surface area (Å²) < 4.78 is 32.6. The van der Waals surface area contributed by atoms with Gasteiger partial charge in [0.2, 0.25) is 5.03 Å². The molecule has 0 fully saturated rings. The summed E-state index contributed by atoms with van der Waals surface area (Å²) in [4.78, 5) is 11.8. The van der Waals surface area contributed by atoms with Crippen LogP contribution in [0.15, 0.2) is 47.9 Å². The number of fused-ring (bicyclic) bond motifs is 1. The summed E-state index contributed by atoms with van der Waals surface area (Å²) in [5, 5.41) is 0.648. The number of rotatable bonds is 4. The van der Waals surface area contributed by atoms with Crippen LogP contribution in [0.25, 0.3) is 10.9 Å². The van der Waals surface area contributed by atoms with Crippen LogP contribution < -0.4 is 9.46 Å². The van der Waals surface area contributed by atoms with Crippen LogP contribution in [-0.2, 0) is 10.0 Å². The SMILES string of the molecule is COc1nccnc1S(=O)(=O)Nc1c(Cl)ccc2cccnc12. The number of sulfonamides is 1. The quantitative estimate of drug-likeness (QED) is 0.776. The van der Waals surface area contributed by atoms with Gasteiger partial charge in [-0.05, 0) is 12.1 Å². The first kappa shape index (κ1) is 15.4. The van der Waals surface area contributed by atoms with E-state index in [1.165, 1.54) is 19.5 Å². The Labute approximate surface area is 137 Å². The van der Waals surface area contributed by atoms with Gasteiger partial charge >= 0.3 is 0 Å². The van der Waals surface area contributed by atoms with E-state index in [4.69, 9.17) is 16.3 Å². The molecule has 0 aliphatic heterocycles. The molecule has 0 atom stereocenters. The van der Waals surface area contributed by atoms with E-state index >= 15 is 0 Å². The molecule has 9 heteroatoms. The molecule has 3 aromatic rings. The first-order chi connectivity index (χ1) is 11.0. The highest BCUT2D eigenvalue weighted by Gasteiger charge is 2.24. The van der Waals surface area contributed by atoms with E-state index in [0.717, 1.165) is 5.39 Å². The van der Waals surface area contributed by atoms with Crippen LogP contribution in [-0.4, -0.2) is 30.5 Å². The van der Waals surface area contributed by atoms with Gasteiger partial charge in [0.1, 0.15) is 0 Å². The van der Waals surface area contributed by atoms with E-state index in [-0.39, 0.29) is 21.6 Å². The highest BCUT2D eigenvalue weighted by atomic mass is 35.5. The molecule has 118 valence electrons. The second-order valence-corrected chi connectivity index (χ2v) is 6.48. The first-order valence-corrected chi connectivity index (χ1v) is 8.30. The summed E-state index contributed by atoms with van der Waals surface area (Å²) in [6.07, 6.45) is 4.16. The molecular weight excluding hydrogens is 340 g/mol. The summed E-state index contributed by atoms with van der Waals surface area (Å²) in [5.41, 5.74) is 0.615. The molecule has 0 amide bonds. The Morgan fingerprint density at radius 1 is 1.09 bits per heavy atom. The van der Waals surface area contributed by atoms with E-state index < -0.39 is 10.0 Å². The number of nitrogens with zero attached hydrogens (tertiary/aromatic N) is 3. The topological polar surface area (TPSA) is 94.1 Å². The molecule has 0 saturated heterocycles. The Bertz CT molecular complexity index is 979. The lowest BCUT2D eigenvalue weighted by atomic mass is 10.2. The molecule has 1 aromatic carbocycles. The zero-order chi connectivity index (χ0) is 16.4. The molecule has 0 unspecified atom stereocenters. The number of benzene rings is 1. The summed E-state index contributed by atoms with van der Waals surface area (Å²) in [6, 6.07) is 6.91. The fraction of sp³-hybridized carbons (Fsp3) is 0.0714. The van der Waals surface area contributed by atoms with Crippen molar-refractivity contribution >= 4 is 38.2 Å². The van der Waals surface area contributed by atoms with E-state index in [1.54, 1.807) is 30.5 Å². The van der Waals surface area contributed by atoms with E-state index in [9.17, 15) is 8.42 Å². The molecule has 0 saturated carbocycles. The number of methoxy groups -OCH3 is 1. The fourth-order valence-electron chi connectivity index (χ4n) is 2.04. The van der Waals surface area contributed by atoms with Gasteiger partial charge in [-0.25, -0.2) is 9.97 Å². The van der Waals surface area contributed by atoms with Crippen molar-refractivity contribution in [1.82, 2.24) is 15.0 Å². The Balaban J connectivity index is 2.13. The van der Waals surface area contributed by atoms with Gasteiger partial charge in [0.15, 0.2) is 0 Å². The van der Waals surface area contributed by atoms with Gasteiger partial charge in [-0.3, -0.25) is 9.71 Å². The van der Waals surface area contributed by atoms with Crippen LogP contribution in [0.4, 0.5) is 5.69 Å². The molecule has 0 radical (unpaired) electrons. The monoisotopic (exact) mass is 350 g/mol. The smallest absolute Gasteiger partial charge is 0.285 e. The number of anilines is 1. The number of hydrogen-bond acceptors (Lipinski definition) is 6. The molecule has 2 aromatic heterocycles. The molecular formula is C14H11ClN4O3S. The number of halogens is 1. The van der Waals surface area contributed by atoms with Gasteiger partial charge < -0.3 is 4.74 Å². The molecule has 3 rings (SSSR count). The molecule has 1 N–H and O–H groups in total. The lowest BCUT2D eigenvalue weighted by Crippen LogP contribution is -2.17. The zero-order valence-electron chi connectivity index (χ0n) is 11.9. The highest BCUT2D eigenvalue weighted by molar-refractivity contribution is 7.92. The third-order valence-electron chi connectivity index (χ3n) is 3.04. The summed E-state index contributed by atoms with van der Waals surface area (Å²) >= 11 is 6.14. The van der Waals surface area contributed by atoms with Crippen molar-refractivity contribution < 1.29 is 13.2 Å². The third kappa shape index (κ3) is 2.90. The van der Waals surface area contributed by atoms with Crippen LogP contribution in [0.5, 0.6) is 5.88 Å². The molecule has 0 aliphatic carbocycles. The minimum atomic E-state index is -4.04. The lowest BCUT2D eigenvalue weighted by molar-refractivity contribution is 0.380. The second kappa shape index (κ2) is 5.98. The number of hydrogen-bond donors (Lipinski definition) is 1. The zero-order valence-corrected chi connectivity index (χ0v) is 13.5. The molecule has 7 nitrogen and oxygen atoms in total. The van der Waals surface area contributed by atoms with Crippen molar-refractivity contribution in [1.29, 1.82) is 0 Å². The molecule has 2 heterocycles. The van der Waals surface area contributed by atoms with Gasteiger partial charge in [-0.15, -0.1) is 0 Å². The van der Waals surface area contributed by atoms with Gasteiger partial charge in [-0.1, -0.05) is 23.7 Å². The maximum atomic E-state index is 12.6. The van der Waals surface area contributed by atoms with Crippen LogP contribution in [0.1, 0.15) is 0 Å². The number of pyridine rings is 1. The van der Waals surface area contributed by atoms with Crippen LogP contribution in [0.2, 0.25) is 5.02 Å². The summed E-state index contributed by atoms with van der Waals surface area (Å²) in [6.45, 7) is 0. The number of nitrogens with one attached hydrogen (secondary N) is 1. The molecule has 0 spiro atoms. The Hall–Kier alpha value is -2.45. The summed E-state index contributed by atoms with van der Waals surface area (Å²) in [5.74, 6) is -0.107. The van der Waals surface area contributed by atoms with Crippen molar-refractivity contribution in [3.63, 3.8) is 0 Å². The Kier molecular flexibility index (Phi) is 4.01. The maximum absolute atomic E-state index is 12.6. The van der Waals surface area contributed by atoms with Gasteiger partial charge in [0, 0.05) is 24.0 Å². The fourth-order valence-corrected chi connectivity index (χ4v) is 3.43. The van der Waals surface area contributed by atoms with Crippen LogP contribution in [0, 0.1) is 0 Å². The largest absolute Gasteiger partial charge is 0.479 e. The van der Waals surface area contributed by atoms with Crippen LogP contribution >= 0.6 is 11.6 Å². The van der Waals surface area contributed by atoms with Crippen molar-refractivity contribution in [3.8, 4) is 5.88 Å². The Morgan fingerprint density at radius 2 is 1.87 bits per heavy atom. The predicted octanol–water partition coefficient (Wildman–Crippen LogP) is 2.49. The van der Waals surface area contributed by atoms with Crippen molar-refractivity contribution in [2.24, 2.45) is 0 Å². The minimum Gasteiger partial charge on any atom is -0.479 e. The van der Waals surface area contributed by atoms with Crippen molar-refractivity contribution in [2.45, 2.75) is 5.03 Å². The average Bonchev–Trinajstić information content (AvgIpc) is 2.57. The number of aromatic nitrogens is 3. The van der Waals surface area contributed by atoms with Crippen LogP contribution in [0.3, 0.4) is 0 Å². The lowest BCUT2D eigenvalue weighted by Gasteiger charge is -2.12. The van der Waals surface area contributed by atoms with Crippen molar-refractivity contribution in [3.05, 3.63) is 47.9 Å². The minimum absolute atomic E-state index is 0.107. The molecule has 0 bridgehead atoms. The Morgan fingerprint density at radius 3 is 2.65 bits per heavy atom. The van der Waals surface area contributed by atoms with Gasteiger partial charge in [-0.2, -0.15) is 8.42 Å². The van der Waals surface area contributed by atoms with E-state index in [0.29, 0.717) is 5.52 Å². The van der Waals surface area contributed by atoms with E-state index in [2.05, 4.69) is 19.7 Å². The standard InChI is InChI=1S/C14H11ClN4O3S/c1-22-13-14(18-8-7-17-13)23(20,21)19-12-10(15)5-4-9-3-2-6-16-11(9)12/h2-8,19H,1H3. The van der Waals surface area contributed by atoms with Gasteiger partial charge in [0.05, 0.1) is 23.3 Å². The third-order valence-corrected chi connectivity index (χ3v) is 4.62. The maximum Gasteiger partial charge on any atom is 0.285 e. The van der Waals surface area contributed by atoms with Gasteiger partial charge in [0.25, 0.3) is 15.9 Å². The molecule has 0 aliphatic rings. The first-order valence-electron chi connectivity index (χ1n) is 6.44. The summed E-state index contributed by atoms with van der Waals surface area (Å²) in [7, 11) is -2.73. The van der Waals surface area contributed by atoms with Crippen molar-refractivity contribution in [2.75, 3.05) is 11.8 Å². The normalized spacial score (nSPS) is 11.4. The highest BCUT2D eigenvalue weighted by Crippen LogP contribution is 2.32.